The molecule has 0 radical (unpaired) electrons. The molecule has 0 saturated carbocycles. The first-order valence-corrected chi connectivity index (χ1v) is 10.4. The summed E-state index contributed by atoms with van der Waals surface area (Å²) in [5.74, 6) is 1.71. The predicted octanol–water partition coefficient (Wildman–Crippen LogP) is 2.34. The molecule has 0 unspecified atom stereocenters. The number of aliphatic imine (C=N–C) groups is 1. The maximum absolute atomic E-state index is 12.3. The van der Waals surface area contributed by atoms with Gasteiger partial charge in [0.15, 0.2) is 11.7 Å². The van der Waals surface area contributed by atoms with Crippen molar-refractivity contribution in [3.8, 4) is 0 Å². The van der Waals surface area contributed by atoms with Gasteiger partial charge >= 0.3 is 0 Å². The molecule has 3 N–H and O–H groups in total. The maximum Gasteiger partial charge on any atom is 0.251 e. The van der Waals surface area contributed by atoms with Crippen molar-refractivity contribution in [1.82, 2.24) is 26.0 Å². The molecule has 0 fully saturated rings. The monoisotopic (exact) mass is 414 g/mol. The molecule has 1 aromatic heterocycles. The SMILES string of the molecule is CCNC(=NCc1cccc(C(=O)NCCN(C)C)c1)NCc1cc(C(C)C)no1. The minimum absolute atomic E-state index is 0.0704. The Kier molecular flexibility index (Phi) is 9.34. The molecule has 164 valence electrons. The van der Waals surface area contributed by atoms with E-state index in [0.717, 1.165) is 30.1 Å². The van der Waals surface area contributed by atoms with Crippen molar-refractivity contribution in [3.63, 3.8) is 0 Å². The Morgan fingerprint density at radius 2 is 2.00 bits per heavy atom. The Morgan fingerprint density at radius 1 is 1.20 bits per heavy atom. The summed E-state index contributed by atoms with van der Waals surface area (Å²) < 4.78 is 5.36. The van der Waals surface area contributed by atoms with Gasteiger partial charge in [-0.3, -0.25) is 4.79 Å². The lowest BCUT2D eigenvalue weighted by Gasteiger charge is -2.11. The summed E-state index contributed by atoms with van der Waals surface area (Å²) in [6.07, 6.45) is 0. The van der Waals surface area contributed by atoms with Gasteiger partial charge in [0.25, 0.3) is 5.91 Å². The summed E-state index contributed by atoms with van der Waals surface area (Å²) in [5, 5.41) is 13.5. The quantitative estimate of drug-likeness (QED) is 0.408. The molecule has 0 spiro atoms. The molecule has 0 aliphatic carbocycles. The molecule has 0 saturated heterocycles. The van der Waals surface area contributed by atoms with Crippen LogP contribution in [0.2, 0.25) is 0 Å². The van der Waals surface area contributed by atoms with E-state index in [0.29, 0.717) is 37.1 Å². The van der Waals surface area contributed by atoms with E-state index in [4.69, 9.17) is 4.52 Å². The Labute approximate surface area is 179 Å². The lowest BCUT2D eigenvalue weighted by molar-refractivity contribution is 0.0951. The van der Waals surface area contributed by atoms with Crippen LogP contribution in [-0.2, 0) is 13.1 Å². The van der Waals surface area contributed by atoms with E-state index in [-0.39, 0.29) is 5.91 Å². The van der Waals surface area contributed by atoms with Gasteiger partial charge in [-0.25, -0.2) is 4.99 Å². The molecule has 1 aromatic carbocycles. The molecular weight excluding hydrogens is 380 g/mol. The highest BCUT2D eigenvalue weighted by atomic mass is 16.5. The molecule has 0 bridgehead atoms. The van der Waals surface area contributed by atoms with E-state index in [1.54, 1.807) is 0 Å². The number of hydrogen-bond acceptors (Lipinski definition) is 5. The Balaban J connectivity index is 1.95. The number of carbonyl (C=O) groups excluding carboxylic acids is 1. The van der Waals surface area contributed by atoms with Gasteiger partial charge in [-0.2, -0.15) is 0 Å². The van der Waals surface area contributed by atoms with Gasteiger partial charge in [-0.15, -0.1) is 0 Å². The molecule has 8 heteroatoms. The fourth-order valence-electron chi connectivity index (χ4n) is 2.67. The van der Waals surface area contributed by atoms with E-state index in [2.05, 4.69) is 39.9 Å². The van der Waals surface area contributed by atoms with Crippen LogP contribution in [0, 0.1) is 0 Å². The average Bonchev–Trinajstić information content (AvgIpc) is 3.19. The zero-order valence-electron chi connectivity index (χ0n) is 18.7. The largest absolute Gasteiger partial charge is 0.359 e. The third-order valence-electron chi connectivity index (χ3n) is 4.40. The lowest BCUT2D eigenvalue weighted by Crippen LogP contribution is -2.36. The van der Waals surface area contributed by atoms with Gasteiger partial charge in [0.2, 0.25) is 0 Å². The van der Waals surface area contributed by atoms with Crippen LogP contribution in [-0.4, -0.2) is 55.7 Å². The van der Waals surface area contributed by atoms with Gasteiger partial charge in [0.1, 0.15) is 0 Å². The molecule has 2 aromatic rings. The van der Waals surface area contributed by atoms with Crippen molar-refractivity contribution < 1.29 is 9.32 Å². The molecule has 2 rings (SSSR count). The van der Waals surface area contributed by atoms with Crippen LogP contribution in [0.15, 0.2) is 39.8 Å². The fourth-order valence-corrected chi connectivity index (χ4v) is 2.67. The first-order valence-electron chi connectivity index (χ1n) is 10.4. The number of benzene rings is 1. The summed E-state index contributed by atoms with van der Waals surface area (Å²) >= 11 is 0. The predicted molar refractivity (Wildman–Crippen MR) is 120 cm³/mol. The third kappa shape index (κ3) is 7.87. The number of carbonyl (C=O) groups is 1. The molecule has 8 nitrogen and oxygen atoms in total. The number of amides is 1. The molecule has 0 aliphatic rings. The van der Waals surface area contributed by atoms with Crippen molar-refractivity contribution in [2.24, 2.45) is 4.99 Å². The van der Waals surface area contributed by atoms with Crippen LogP contribution in [0.25, 0.3) is 0 Å². The van der Waals surface area contributed by atoms with Crippen LogP contribution in [0.1, 0.15) is 54.1 Å². The van der Waals surface area contributed by atoms with Crippen molar-refractivity contribution in [2.45, 2.75) is 39.8 Å². The number of guanidine groups is 1. The van der Waals surface area contributed by atoms with E-state index in [1.165, 1.54) is 0 Å². The summed E-state index contributed by atoms with van der Waals surface area (Å²) in [4.78, 5) is 19.0. The summed E-state index contributed by atoms with van der Waals surface area (Å²) in [6.45, 7) is 9.30. The average molecular weight is 415 g/mol. The van der Waals surface area contributed by atoms with Crippen molar-refractivity contribution >= 4 is 11.9 Å². The van der Waals surface area contributed by atoms with E-state index >= 15 is 0 Å². The topological polar surface area (TPSA) is 94.8 Å². The number of nitrogens with zero attached hydrogens (tertiary/aromatic N) is 3. The van der Waals surface area contributed by atoms with Gasteiger partial charge in [-0.05, 0) is 44.6 Å². The van der Waals surface area contributed by atoms with Crippen LogP contribution >= 0.6 is 0 Å². The summed E-state index contributed by atoms with van der Waals surface area (Å²) in [5.41, 5.74) is 2.55. The second kappa shape index (κ2) is 12.0. The van der Waals surface area contributed by atoms with Crippen LogP contribution in [0.3, 0.4) is 0 Å². The number of rotatable bonds is 10. The standard InChI is InChI=1S/C22H34N6O2/c1-6-23-22(26-15-19-13-20(16(2)3)27-30-19)25-14-17-8-7-9-18(12-17)21(29)24-10-11-28(4)5/h7-9,12-13,16H,6,10-11,14-15H2,1-5H3,(H,24,29)(H2,23,25,26). The molecule has 0 aliphatic heterocycles. The van der Waals surface area contributed by atoms with Gasteiger partial charge in [0.05, 0.1) is 18.8 Å². The minimum atomic E-state index is -0.0704. The maximum atomic E-state index is 12.3. The van der Waals surface area contributed by atoms with Crippen molar-refractivity contribution in [2.75, 3.05) is 33.7 Å². The third-order valence-corrected chi connectivity index (χ3v) is 4.40. The van der Waals surface area contributed by atoms with Crippen molar-refractivity contribution in [1.29, 1.82) is 0 Å². The summed E-state index contributed by atoms with van der Waals surface area (Å²) in [6, 6.07) is 9.50. The van der Waals surface area contributed by atoms with Crippen LogP contribution in [0.4, 0.5) is 0 Å². The molecule has 30 heavy (non-hydrogen) atoms. The number of nitrogens with one attached hydrogen (secondary N) is 3. The van der Waals surface area contributed by atoms with E-state index in [1.807, 2.05) is 56.3 Å². The smallest absolute Gasteiger partial charge is 0.251 e. The number of likely N-dealkylation sites (N-methyl/N-ethyl adjacent to an activating group) is 1. The first kappa shape index (κ1) is 23.4. The molecular formula is C22H34N6O2. The normalized spacial score (nSPS) is 11.8. The van der Waals surface area contributed by atoms with Gasteiger partial charge in [0, 0.05) is 31.3 Å². The Hall–Kier alpha value is -2.87. The highest BCUT2D eigenvalue weighted by Crippen LogP contribution is 2.13. The Morgan fingerprint density at radius 3 is 2.67 bits per heavy atom. The van der Waals surface area contributed by atoms with E-state index in [9.17, 15) is 4.79 Å². The second-order valence-corrected chi connectivity index (χ2v) is 7.68. The van der Waals surface area contributed by atoms with E-state index < -0.39 is 0 Å². The highest BCUT2D eigenvalue weighted by Gasteiger charge is 2.09. The zero-order chi connectivity index (χ0) is 21.9. The van der Waals surface area contributed by atoms with Crippen LogP contribution in [0.5, 0.6) is 0 Å². The molecule has 0 atom stereocenters. The minimum Gasteiger partial charge on any atom is -0.359 e. The fraction of sp³-hybridized carbons (Fsp3) is 0.500. The lowest BCUT2D eigenvalue weighted by atomic mass is 10.1. The van der Waals surface area contributed by atoms with Crippen molar-refractivity contribution in [3.05, 3.63) is 52.9 Å². The zero-order valence-corrected chi connectivity index (χ0v) is 18.7. The molecule has 1 heterocycles. The number of hydrogen-bond donors (Lipinski definition) is 3. The Bertz CT molecular complexity index is 829. The second-order valence-electron chi connectivity index (χ2n) is 7.68. The first-order chi connectivity index (χ1) is 14.4. The van der Waals surface area contributed by atoms with Gasteiger partial charge < -0.3 is 25.4 Å². The molecule has 1 amide bonds. The number of aromatic nitrogens is 1. The van der Waals surface area contributed by atoms with Crippen LogP contribution < -0.4 is 16.0 Å². The highest BCUT2D eigenvalue weighted by molar-refractivity contribution is 5.94. The summed E-state index contributed by atoms with van der Waals surface area (Å²) in [7, 11) is 3.96. The van der Waals surface area contributed by atoms with Gasteiger partial charge in [-0.1, -0.05) is 31.1 Å².